The fourth-order valence-corrected chi connectivity index (χ4v) is 2.70. The third kappa shape index (κ3) is 2.82. The minimum absolute atomic E-state index is 0.0105. The van der Waals surface area contributed by atoms with Crippen molar-refractivity contribution in [1.82, 2.24) is 0 Å². The summed E-state index contributed by atoms with van der Waals surface area (Å²) in [4.78, 5) is 12.3. The Bertz CT molecular complexity index is 695. The minimum atomic E-state index is -0.218. The highest BCUT2D eigenvalue weighted by Gasteiger charge is 2.45. The van der Waals surface area contributed by atoms with Gasteiger partial charge in [0.2, 0.25) is 5.91 Å². The molecule has 2 unspecified atom stereocenters. The molecule has 1 aliphatic carbocycles. The Kier molecular flexibility index (Phi) is 3.50. The number of aryl methyl sites for hydroxylation is 2. The van der Waals surface area contributed by atoms with Crippen molar-refractivity contribution >= 4 is 11.6 Å². The van der Waals surface area contributed by atoms with E-state index in [1.54, 1.807) is 12.1 Å². The van der Waals surface area contributed by atoms with E-state index in [1.165, 1.54) is 6.07 Å². The van der Waals surface area contributed by atoms with E-state index in [4.69, 9.17) is 0 Å². The zero-order valence-electron chi connectivity index (χ0n) is 12.2. The molecule has 0 saturated heterocycles. The Morgan fingerprint density at radius 1 is 1.19 bits per heavy atom. The topological polar surface area (TPSA) is 29.1 Å². The number of rotatable bonds is 3. The van der Waals surface area contributed by atoms with Crippen LogP contribution in [0.4, 0.5) is 10.1 Å². The van der Waals surface area contributed by atoms with E-state index in [0.717, 1.165) is 23.2 Å². The van der Waals surface area contributed by atoms with Crippen LogP contribution in [0.2, 0.25) is 0 Å². The molecule has 2 aromatic rings. The molecule has 2 aromatic carbocycles. The highest BCUT2D eigenvalue weighted by atomic mass is 19.1. The first-order valence-electron chi connectivity index (χ1n) is 7.19. The Hall–Kier alpha value is -2.16. The summed E-state index contributed by atoms with van der Waals surface area (Å²) < 4.78 is 13.7. The lowest BCUT2D eigenvalue weighted by Gasteiger charge is -2.09. The van der Waals surface area contributed by atoms with Crippen LogP contribution < -0.4 is 5.32 Å². The first-order chi connectivity index (χ1) is 10.1. The van der Waals surface area contributed by atoms with Crippen LogP contribution >= 0.6 is 0 Å². The molecule has 1 aliphatic rings. The Morgan fingerprint density at radius 3 is 2.71 bits per heavy atom. The van der Waals surface area contributed by atoms with Crippen molar-refractivity contribution in [2.45, 2.75) is 26.2 Å². The fraction of sp³-hybridized carbons (Fsp3) is 0.278. The molecule has 3 heteroatoms. The summed E-state index contributed by atoms with van der Waals surface area (Å²) in [7, 11) is 0. The van der Waals surface area contributed by atoms with Gasteiger partial charge in [-0.25, -0.2) is 4.39 Å². The van der Waals surface area contributed by atoms with Gasteiger partial charge in [-0.2, -0.15) is 0 Å². The van der Waals surface area contributed by atoms with Crippen molar-refractivity contribution < 1.29 is 9.18 Å². The van der Waals surface area contributed by atoms with E-state index in [2.05, 4.69) is 5.32 Å². The fourth-order valence-electron chi connectivity index (χ4n) is 2.70. The lowest BCUT2D eigenvalue weighted by molar-refractivity contribution is -0.117. The van der Waals surface area contributed by atoms with Crippen molar-refractivity contribution in [2.75, 3.05) is 5.32 Å². The first-order valence-corrected chi connectivity index (χ1v) is 7.19. The van der Waals surface area contributed by atoms with Crippen LogP contribution in [-0.2, 0) is 4.79 Å². The van der Waals surface area contributed by atoms with Crippen LogP contribution in [0.1, 0.15) is 29.0 Å². The summed E-state index contributed by atoms with van der Waals surface area (Å²) in [6, 6.07) is 12.7. The SMILES string of the molecule is Cc1ccc(C)c(NC(=O)C2CC2c2ccccc2F)c1. The largest absolute Gasteiger partial charge is 0.326 e. The molecule has 0 radical (unpaired) electrons. The predicted molar refractivity (Wildman–Crippen MR) is 81.8 cm³/mol. The van der Waals surface area contributed by atoms with Crippen molar-refractivity contribution in [3.63, 3.8) is 0 Å². The van der Waals surface area contributed by atoms with Crippen LogP contribution in [-0.4, -0.2) is 5.91 Å². The number of amides is 1. The van der Waals surface area contributed by atoms with Crippen molar-refractivity contribution in [3.8, 4) is 0 Å². The van der Waals surface area contributed by atoms with Gasteiger partial charge in [0.05, 0.1) is 0 Å². The summed E-state index contributed by atoms with van der Waals surface area (Å²) in [5.41, 5.74) is 3.65. The van der Waals surface area contributed by atoms with Gasteiger partial charge in [0.25, 0.3) is 0 Å². The molecule has 2 nitrogen and oxygen atoms in total. The lowest BCUT2D eigenvalue weighted by Crippen LogP contribution is -2.15. The molecule has 1 amide bonds. The van der Waals surface area contributed by atoms with Crippen LogP contribution in [0, 0.1) is 25.6 Å². The zero-order valence-corrected chi connectivity index (χ0v) is 12.2. The number of carbonyl (C=O) groups excluding carboxylic acids is 1. The molecular formula is C18H18FNO. The third-order valence-corrected chi connectivity index (χ3v) is 4.08. The molecule has 0 bridgehead atoms. The molecule has 21 heavy (non-hydrogen) atoms. The minimum Gasteiger partial charge on any atom is -0.326 e. The van der Waals surface area contributed by atoms with Gasteiger partial charge < -0.3 is 5.32 Å². The summed E-state index contributed by atoms with van der Waals surface area (Å²) in [5.74, 6) is -0.348. The Balaban J connectivity index is 1.71. The van der Waals surface area contributed by atoms with Gasteiger partial charge >= 0.3 is 0 Å². The lowest BCUT2D eigenvalue weighted by atomic mass is 10.1. The third-order valence-electron chi connectivity index (χ3n) is 4.08. The van der Waals surface area contributed by atoms with Crippen molar-refractivity contribution in [3.05, 3.63) is 65.0 Å². The van der Waals surface area contributed by atoms with Crippen molar-refractivity contribution in [2.24, 2.45) is 5.92 Å². The number of anilines is 1. The van der Waals surface area contributed by atoms with Gasteiger partial charge in [0.1, 0.15) is 5.82 Å². The summed E-state index contributed by atoms with van der Waals surface area (Å²) in [6.45, 7) is 3.96. The smallest absolute Gasteiger partial charge is 0.228 e. The second-order valence-electron chi connectivity index (χ2n) is 5.78. The number of halogens is 1. The summed E-state index contributed by atoms with van der Waals surface area (Å²) >= 11 is 0. The second-order valence-corrected chi connectivity index (χ2v) is 5.78. The van der Waals surface area contributed by atoms with Gasteiger partial charge in [-0.05, 0) is 55.0 Å². The highest BCUT2D eigenvalue weighted by molar-refractivity contribution is 5.95. The second kappa shape index (κ2) is 5.32. The van der Waals surface area contributed by atoms with E-state index < -0.39 is 0 Å². The maximum atomic E-state index is 13.7. The number of carbonyl (C=O) groups is 1. The van der Waals surface area contributed by atoms with Gasteiger partial charge in [-0.1, -0.05) is 30.3 Å². The molecule has 1 saturated carbocycles. The molecule has 2 atom stereocenters. The maximum absolute atomic E-state index is 13.7. The molecule has 0 heterocycles. The Morgan fingerprint density at radius 2 is 1.95 bits per heavy atom. The standard InChI is InChI=1S/C18H18FNO/c1-11-7-8-12(2)17(9-11)20-18(21)15-10-14(15)13-5-3-4-6-16(13)19/h3-9,14-15H,10H2,1-2H3,(H,20,21). The van der Waals surface area contributed by atoms with E-state index >= 15 is 0 Å². The molecule has 0 aliphatic heterocycles. The van der Waals surface area contributed by atoms with E-state index in [0.29, 0.717) is 5.56 Å². The van der Waals surface area contributed by atoms with Crippen LogP contribution in [0.5, 0.6) is 0 Å². The normalized spacial score (nSPS) is 20.1. The maximum Gasteiger partial charge on any atom is 0.228 e. The molecule has 3 rings (SSSR count). The van der Waals surface area contributed by atoms with Gasteiger partial charge in [-0.3, -0.25) is 4.79 Å². The van der Waals surface area contributed by atoms with E-state index in [1.807, 2.05) is 38.1 Å². The molecule has 1 N–H and O–H groups in total. The summed E-state index contributed by atoms with van der Waals surface area (Å²) in [5, 5.41) is 2.97. The number of hydrogen-bond acceptors (Lipinski definition) is 1. The first kappa shape index (κ1) is 13.8. The average molecular weight is 283 g/mol. The zero-order chi connectivity index (χ0) is 15.0. The highest BCUT2D eigenvalue weighted by Crippen LogP contribution is 2.48. The molecule has 0 aromatic heterocycles. The predicted octanol–water partition coefficient (Wildman–Crippen LogP) is 4.18. The van der Waals surface area contributed by atoms with Crippen LogP contribution in [0.3, 0.4) is 0 Å². The van der Waals surface area contributed by atoms with E-state index in [9.17, 15) is 9.18 Å². The average Bonchev–Trinajstić information content (AvgIpc) is 3.24. The van der Waals surface area contributed by atoms with Crippen molar-refractivity contribution in [1.29, 1.82) is 0 Å². The summed E-state index contributed by atoms with van der Waals surface area (Å²) in [6.07, 6.45) is 0.720. The monoisotopic (exact) mass is 283 g/mol. The molecule has 108 valence electrons. The van der Waals surface area contributed by atoms with Crippen LogP contribution in [0.25, 0.3) is 0 Å². The molecule has 1 fully saturated rings. The number of hydrogen-bond donors (Lipinski definition) is 1. The van der Waals surface area contributed by atoms with Crippen LogP contribution in [0.15, 0.2) is 42.5 Å². The van der Waals surface area contributed by atoms with Gasteiger partial charge in [0.15, 0.2) is 0 Å². The number of benzene rings is 2. The molecule has 0 spiro atoms. The number of nitrogens with one attached hydrogen (secondary N) is 1. The van der Waals surface area contributed by atoms with E-state index in [-0.39, 0.29) is 23.6 Å². The van der Waals surface area contributed by atoms with Gasteiger partial charge in [0, 0.05) is 11.6 Å². The Labute approximate surface area is 124 Å². The molecular weight excluding hydrogens is 265 g/mol. The van der Waals surface area contributed by atoms with Gasteiger partial charge in [-0.15, -0.1) is 0 Å². The quantitative estimate of drug-likeness (QED) is 0.899.